The van der Waals surface area contributed by atoms with Crippen molar-refractivity contribution >= 4 is 23.6 Å². The molecule has 1 aromatic rings. The molecule has 2 aliphatic heterocycles. The number of alkyl carbamates (subject to hydrolysis) is 1. The van der Waals surface area contributed by atoms with Gasteiger partial charge in [0.25, 0.3) is 0 Å². The second-order valence-electron chi connectivity index (χ2n) is 9.36. The van der Waals surface area contributed by atoms with Crippen LogP contribution in [0.1, 0.15) is 45.2 Å². The third-order valence-corrected chi connectivity index (χ3v) is 5.67. The van der Waals surface area contributed by atoms with Crippen molar-refractivity contribution in [1.29, 1.82) is 0 Å². The second-order valence-corrected chi connectivity index (χ2v) is 9.36. The molecular weight excluding hydrogens is 410 g/mol. The Bertz CT molecular complexity index is 947. The average molecular weight is 444 g/mol. The van der Waals surface area contributed by atoms with Crippen LogP contribution in [0.4, 0.5) is 9.59 Å². The number of urea groups is 1. The van der Waals surface area contributed by atoms with E-state index in [9.17, 15) is 14.4 Å². The van der Waals surface area contributed by atoms with Crippen LogP contribution in [0.15, 0.2) is 23.8 Å². The van der Waals surface area contributed by atoms with E-state index >= 15 is 0 Å². The fourth-order valence-electron chi connectivity index (χ4n) is 4.23. The van der Waals surface area contributed by atoms with E-state index in [1.54, 1.807) is 32.8 Å². The number of methoxy groups -OCH3 is 1. The summed E-state index contributed by atoms with van der Waals surface area (Å²) in [7, 11) is 1.62. The van der Waals surface area contributed by atoms with Crippen molar-refractivity contribution in [3.8, 4) is 5.75 Å². The van der Waals surface area contributed by atoms with Gasteiger partial charge in [-0.25, -0.2) is 9.59 Å². The number of ether oxygens (including phenoxy) is 2. The Morgan fingerprint density at radius 2 is 1.94 bits per heavy atom. The van der Waals surface area contributed by atoms with Crippen LogP contribution in [0.25, 0.3) is 5.57 Å². The summed E-state index contributed by atoms with van der Waals surface area (Å²) in [5.41, 5.74) is 3.47. The molecule has 2 heterocycles. The highest BCUT2D eigenvalue weighted by Crippen LogP contribution is 2.39. The van der Waals surface area contributed by atoms with Gasteiger partial charge >= 0.3 is 12.1 Å². The van der Waals surface area contributed by atoms with Crippen LogP contribution in [0, 0.1) is 12.8 Å². The van der Waals surface area contributed by atoms with Crippen molar-refractivity contribution in [2.75, 3.05) is 33.3 Å². The maximum atomic E-state index is 13.4. The lowest BCUT2D eigenvalue weighted by Crippen LogP contribution is -2.59. The first-order valence-corrected chi connectivity index (χ1v) is 10.9. The molecule has 1 fully saturated rings. The number of benzene rings is 1. The number of nitrogens with one attached hydrogen (secondary N) is 1. The molecule has 0 aliphatic carbocycles. The molecule has 2 aliphatic rings. The van der Waals surface area contributed by atoms with Gasteiger partial charge in [0.2, 0.25) is 5.91 Å². The Morgan fingerprint density at radius 3 is 2.59 bits per heavy atom. The monoisotopic (exact) mass is 443 g/mol. The summed E-state index contributed by atoms with van der Waals surface area (Å²) >= 11 is 0. The lowest BCUT2D eigenvalue weighted by atomic mass is 9.81. The van der Waals surface area contributed by atoms with Crippen molar-refractivity contribution < 1.29 is 23.9 Å². The van der Waals surface area contributed by atoms with Gasteiger partial charge in [0.15, 0.2) is 0 Å². The van der Waals surface area contributed by atoms with Gasteiger partial charge in [-0.1, -0.05) is 6.07 Å². The predicted molar refractivity (Wildman–Crippen MR) is 121 cm³/mol. The zero-order chi connectivity index (χ0) is 23.6. The first kappa shape index (κ1) is 23.6. The standard InChI is InChI=1S/C24H33N3O5/c1-15-8-9-17(31-6)12-18(15)20-16(2)13-26-14-19(20)21(28)27(23(26)30)11-7-10-25-22(29)32-24(3,4)5/h8-9,12,19H,7,10-11,13-14H2,1-6H3,(H,25,29). The van der Waals surface area contributed by atoms with Crippen LogP contribution in [-0.2, 0) is 9.53 Å². The molecule has 4 amide bonds. The van der Waals surface area contributed by atoms with Crippen molar-refractivity contribution in [3.63, 3.8) is 0 Å². The number of imide groups is 1. The van der Waals surface area contributed by atoms with Gasteiger partial charge < -0.3 is 19.7 Å². The highest BCUT2D eigenvalue weighted by Gasteiger charge is 2.44. The minimum atomic E-state index is -0.577. The molecule has 1 atom stereocenters. The highest BCUT2D eigenvalue weighted by molar-refractivity contribution is 6.05. The van der Waals surface area contributed by atoms with E-state index in [4.69, 9.17) is 9.47 Å². The molecule has 0 saturated carbocycles. The SMILES string of the molecule is COc1ccc(C)c(C2=C(C)CN3CC2C(=O)N(CCCNC(=O)OC(C)(C)C)C3=O)c1. The van der Waals surface area contributed by atoms with Gasteiger partial charge in [-0.3, -0.25) is 9.69 Å². The number of hydrogen-bond donors (Lipinski definition) is 1. The molecular formula is C24H33N3O5. The zero-order valence-corrected chi connectivity index (χ0v) is 19.8. The third kappa shape index (κ3) is 5.06. The van der Waals surface area contributed by atoms with Crippen LogP contribution in [0.5, 0.6) is 5.75 Å². The minimum Gasteiger partial charge on any atom is -0.497 e. The molecule has 2 bridgehead atoms. The number of rotatable bonds is 6. The number of carbonyl (C=O) groups is 3. The number of aryl methyl sites for hydroxylation is 1. The molecule has 174 valence electrons. The van der Waals surface area contributed by atoms with Gasteiger partial charge in [-0.15, -0.1) is 0 Å². The Morgan fingerprint density at radius 1 is 1.22 bits per heavy atom. The van der Waals surface area contributed by atoms with E-state index in [1.165, 1.54) is 4.90 Å². The molecule has 0 aromatic heterocycles. The number of hydrogen-bond acceptors (Lipinski definition) is 5. The summed E-state index contributed by atoms with van der Waals surface area (Å²) in [6.07, 6.45) is -0.0585. The number of amides is 4. The Balaban J connectivity index is 1.73. The van der Waals surface area contributed by atoms with E-state index in [-0.39, 0.29) is 18.5 Å². The molecule has 1 N–H and O–H groups in total. The van der Waals surface area contributed by atoms with Crippen LogP contribution in [0.2, 0.25) is 0 Å². The van der Waals surface area contributed by atoms with Crippen LogP contribution < -0.4 is 10.1 Å². The van der Waals surface area contributed by atoms with Crippen molar-refractivity contribution in [1.82, 2.24) is 15.1 Å². The number of fused-ring (bicyclic) bond motifs is 2. The lowest BCUT2D eigenvalue weighted by Gasteiger charge is -2.44. The topological polar surface area (TPSA) is 88.2 Å². The minimum absolute atomic E-state index is 0.195. The number of carbonyl (C=O) groups excluding carboxylic acids is 3. The second kappa shape index (κ2) is 9.22. The van der Waals surface area contributed by atoms with E-state index in [0.29, 0.717) is 26.1 Å². The molecule has 8 heteroatoms. The van der Waals surface area contributed by atoms with Crippen molar-refractivity contribution in [2.45, 2.75) is 46.6 Å². The van der Waals surface area contributed by atoms with Gasteiger partial charge in [-0.05, 0) is 75.4 Å². The Labute approximate surface area is 189 Å². The van der Waals surface area contributed by atoms with E-state index < -0.39 is 17.6 Å². The van der Waals surface area contributed by atoms with E-state index in [0.717, 1.165) is 28.0 Å². The van der Waals surface area contributed by atoms with Gasteiger partial charge in [-0.2, -0.15) is 0 Å². The van der Waals surface area contributed by atoms with Crippen LogP contribution in [-0.4, -0.2) is 66.7 Å². The first-order valence-electron chi connectivity index (χ1n) is 10.9. The predicted octanol–water partition coefficient (Wildman–Crippen LogP) is 3.59. The molecule has 0 radical (unpaired) electrons. The van der Waals surface area contributed by atoms with E-state index in [1.807, 2.05) is 32.0 Å². The molecule has 32 heavy (non-hydrogen) atoms. The van der Waals surface area contributed by atoms with Gasteiger partial charge in [0, 0.05) is 26.2 Å². The highest BCUT2D eigenvalue weighted by atomic mass is 16.6. The quantitative estimate of drug-likeness (QED) is 0.679. The molecule has 1 saturated heterocycles. The summed E-state index contributed by atoms with van der Waals surface area (Å²) in [5.74, 6) is 0.128. The van der Waals surface area contributed by atoms with Crippen molar-refractivity contribution in [3.05, 3.63) is 34.9 Å². The summed E-state index contributed by atoms with van der Waals surface area (Å²) in [4.78, 5) is 41.1. The number of nitrogens with zero attached hydrogens (tertiary/aromatic N) is 2. The maximum absolute atomic E-state index is 13.4. The Hall–Kier alpha value is -3.03. The normalized spacial score (nSPS) is 18.8. The molecule has 8 nitrogen and oxygen atoms in total. The van der Waals surface area contributed by atoms with Crippen molar-refractivity contribution in [2.24, 2.45) is 5.92 Å². The van der Waals surface area contributed by atoms with Gasteiger partial charge in [0.05, 0.1) is 13.0 Å². The molecule has 0 spiro atoms. The van der Waals surface area contributed by atoms with Gasteiger partial charge in [0.1, 0.15) is 11.4 Å². The molecule has 1 unspecified atom stereocenters. The third-order valence-electron chi connectivity index (χ3n) is 5.67. The summed E-state index contributed by atoms with van der Waals surface area (Å²) in [6, 6.07) is 5.58. The van der Waals surface area contributed by atoms with E-state index in [2.05, 4.69) is 5.32 Å². The average Bonchev–Trinajstić information content (AvgIpc) is 2.71. The lowest BCUT2D eigenvalue weighted by molar-refractivity contribution is -0.134. The summed E-state index contributed by atoms with van der Waals surface area (Å²) in [5, 5.41) is 2.67. The fraction of sp³-hybridized carbons (Fsp3) is 0.542. The zero-order valence-electron chi connectivity index (χ0n) is 19.8. The smallest absolute Gasteiger partial charge is 0.407 e. The fourth-order valence-corrected chi connectivity index (χ4v) is 4.23. The maximum Gasteiger partial charge on any atom is 0.407 e. The first-order chi connectivity index (χ1) is 15.0. The molecule has 1 aromatic carbocycles. The van der Waals surface area contributed by atoms with Crippen LogP contribution >= 0.6 is 0 Å². The summed E-state index contributed by atoms with van der Waals surface area (Å²) in [6.45, 7) is 10.8. The summed E-state index contributed by atoms with van der Waals surface area (Å²) < 4.78 is 10.6. The molecule has 3 rings (SSSR count). The largest absolute Gasteiger partial charge is 0.497 e. The Kier molecular flexibility index (Phi) is 6.81. The van der Waals surface area contributed by atoms with Crippen LogP contribution in [0.3, 0.4) is 0 Å².